The molecule has 0 saturated heterocycles. The summed E-state index contributed by atoms with van der Waals surface area (Å²) in [7, 11) is 0. The predicted octanol–water partition coefficient (Wildman–Crippen LogP) is 2.54. The van der Waals surface area contributed by atoms with E-state index in [1.54, 1.807) is 49.4 Å². The number of aromatic nitrogens is 3. The molecule has 1 aromatic heterocycles. The number of amides is 2. The fourth-order valence-corrected chi connectivity index (χ4v) is 2.96. The number of hydrogen-bond donors (Lipinski definition) is 2. The van der Waals surface area contributed by atoms with Crippen molar-refractivity contribution in [2.24, 2.45) is 5.73 Å². The summed E-state index contributed by atoms with van der Waals surface area (Å²) >= 11 is 5.87. The molecule has 10 heteroatoms. The van der Waals surface area contributed by atoms with Crippen LogP contribution >= 0.6 is 11.6 Å². The molecule has 2 aromatic carbocycles. The van der Waals surface area contributed by atoms with E-state index in [9.17, 15) is 9.59 Å². The highest BCUT2D eigenvalue weighted by molar-refractivity contribution is 6.30. The van der Waals surface area contributed by atoms with Gasteiger partial charge in [-0.05, 0) is 56.3 Å². The van der Waals surface area contributed by atoms with Gasteiger partial charge in [-0.3, -0.25) is 9.59 Å². The molecule has 0 atom stereocenters. The van der Waals surface area contributed by atoms with Crippen LogP contribution in [-0.2, 0) is 0 Å². The standard InChI is InChI=1S/C21H22ClN5O4/c1-3-24-21(29)14-4-9-18(31-11-10-30-16-7-5-15(22)6-8-16)17(12-14)27-13(2)19(20(23)28)25-26-27/h4-9,12H,3,10-11H2,1-2H3,(H2,23,28)(H,24,29). The van der Waals surface area contributed by atoms with Gasteiger partial charge in [0.25, 0.3) is 11.8 Å². The number of rotatable bonds is 9. The summed E-state index contributed by atoms with van der Waals surface area (Å²) in [5.74, 6) is 0.173. The maximum atomic E-state index is 12.3. The van der Waals surface area contributed by atoms with Crippen molar-refractivity contribution in [3.63, 3.8) is 0 Å². The molecule has 0 radical (unpaired) electrons. The van der Waals surface area contributed by atoms with E-state index in [1.807, 2.05) is 6.92 Å². The Bertz CT molecular complexity index is 1080. The number of carbonyl (C=O) groups is 2. The van der Waals surface area contributed by atoms with Crippen LogP contribution < -0.4 is 20.5 Å². The number of hydrogen-bond acceptors (Lipinski definition) is 6. The number of nitrogens with two attached hydrogens (primary N) is 1. The average Bonchev–Trinajstić information content (AvgIpc) is 3.14. The molecule has 0 bridgehead atoms. The predicted molar refractivity (Wildman–Crippen MR) is 115 cm³/mol. The monoisotopic (exact) mass is 443 g/mol. The van der Waals surface area contributed by atoms with Crippen molar-refractivity contribution in [3.05, 3.63) is 64.4 Å². The van der Waals surface area contributed by atoms with Crippen LogP contribution in [0, 0.1) is 6.92 Å². The molecule has 0 aliphatic carbocycles. The van der Waals surface area contributed by atoms with E-state index in [1.165, 1.54) is 4.68 Å². The lowest BCUT2D eigenvalue weighted by Crippen LogP contribution is -2.23. The number of nitrogens with zero attached hydrogens (tertiary/aromatic N) is 3. The van der Waals surface area contributed by atoms with Crippen molar-refractivity contribution >= 4 is 23.4 Å². The molecule has 0 spiro atoms. The minimum atomic E-state index is -0.692. The molecule has 162 valence electrons. The Balaban J connectivity index is 1.82. The number of primary amides is 1. The van der Waals surface area contributed by atoms with Gasteiger partial charge in [-0.15, -0.1) is 5.10 Å². The van der Waals surface area contributed by atoms with E-state index >= 15 is 0 Å². The van der Waals surface area contributed by atoms with Crippen molar-refractivity contribution in [3.8, 4) is 17.2 Å². The van der Waals surface area contributed by atoms with Gasteiger partial charge in [0.15, 0.2) is 5.69 Å². The van der Waals surface area contributed by atoms with Gasteiger partial charge in [0.2, 0.25) is 0 Å². The van der Waals surface area contributed by atoms with Crippen molar-refractivity contribution in [2.45, 2.75) is 13.8 Å². The lowest BCUT2D eigenvalue weighted by Gasteiger charge is -2.14. The van der Waals surface area contributed by atoms with Crippen LogP contribution in [0.5, 0.6) is 11.5 Å². The molecule has 9 nitrogen and oxygen atoms in total. The van der Waals surface area contributed by atoms with Crippen molar-refractivity contribution in [1.29, 1.82) is 0 Å². The molecule has 1 heterocycles. The summed E-state index contributed by atoms with van der Waals surface area (Å²) in [6.07, 6.45) is 0. The van der Waals surface area contributed by atoms with Gasteiger partial charge in [0, 0.05) is 17.1 Å². The molecule has 0 fully saturated rings. The number of halogens is 1. The lowest BCUT2D eigenvalue weighted by molar-refractivity contribution is 0.0954. The maximum Gasteiger partial charge on any atom is 0.271 e. The van der Waals surface area contributed by atoms with Crippen LogP contribution in [0.25, 0.3) is 5.69 Å². The highest BCUT2D eigenvalue weighted by atomic mass is 35.5. The number of carbonyl (C=O) groups excluding carboxylic acids is 2. The Morgan fingerprint density at radius 2 is 1.84 bits per heavy atom. The maximum absolute atomic E-state index is 12.3. The first-order chi connectivity index (χ1) is 14.9. The average molecular weight is 444 g/mol. The third-order valence-electron chi connectivity index (χ3n) is 4.34. The third kappa shape index (κ3) is 5.32. The number of benzene rings is 2. The fraction of sp³-hybridized carbons (Fsp3) is 0.238. The lowest BCUT2D eigenvalue weighted by atomic mass is 10.1. The highest BCUT2D eigenvalue weighted by Crippen LogP contribution is 2.26. The number of nitrogens with one attached hydrogen (secondary N) is 1. The molecule has 0 aliphatic rings. The van der Waals surface area contributed by atoms with Crippen LogP contribution in [0.1, 0.15) is 33.5 Å². The summed E-state index contributed by atoms with van der Waals surface area (Å²) in [5, 5.41) is 11.2. The van der Waals surface area contributed by atoms with Crippen LogP contribution in [0.3, 0.4) is 0 Å². The van der Waals surface area contributed by atoms with Gasteiger partial charge in [0.05, 0.1) is 5.69 Å². The molecule has 31 heavy (non-hydrogen) atoms. The van der Waals surface area contributed by atoms with Gasteiger partial charge in [-0.25, -0.2) is 4.68 Å². The molecule has 3 N–H and O–H groups in total. The minimum Gasteiger partial charge on any atom is -0.490 e. The SMILES string of the molecule is CCNC(=O)c1ccc(OCCOc2ccc(Cl)cc2)c(-n2nnc(C(N)=O)c2C)c1. The zero-order chi connectivity index (χ0) is 22.4. The first-order valence-electron chi connectivity index (χ1n) is 9.56. The Kier molecular flexibility index (Phi) is 7.09. The van der Waals surface area contributed by atoms with Crippen LogP contribution in [0.4, 0.5) is 0 Å². The summed E-state index contributed by atoms with van der Waals surface area (Å²) in [4.78, 5) is 23.8. The third-order valence-corrected chi connectivity index (χ3v) is 4.59. The molecular formula is C21H22ClN5O4. The molecule has 0 unspecified atom stereocenters. The van der Waals surface area contributed by atoms with E-state index in [0.29, 0.717) is 40.0 Å². The van der Waals surface area contributed by atoms with Crippen LogP contribution in [0.15, 0.2) is 42.5 Å². The second-order valence-corrected chi connectivity index (χ2v) is 6.93. The second-order valence-electron chi connectivity index (χ2n) is 6.49. The summed E-state index contributed by atoms with van der Waals surface area (Å²) in [6.45, 7) is 4.49. The molecule has 0 aliphatic heterocycles. The Hall–Kier alpha value is -3.59. The largest absolute Gasteiger partial charge is 0.490 e. The van der Waals surface area contributed by atoms with Gasteiger partial charge < -0.3 is 20.5 Å². The van der Waals surface area contributed by atoms with Crippen LogP contribution in [0.2, 0.25) is 5.02 Å². The van der Waals surface area contributed by atoms with Gasteiger partial charge in [0.1, 0.15) is 30.4 Å². The van der Waals surface area contributed by atoms with Crippen molar-refractivity contribution < 1.29 is 19.1 Å². The zero-order valence-electron chi connectivity index (χ0n) is 17.1. The van der Waals surface area contributed by atoms with Gasteiger partial charge >= 0.3 is 0 Å². The number of ether oxygens (including phenoxy) is 2. The van der Waals surface area contributed by atoms with E-state index in [4.69, 9.17) is 26.8 Å². The molecule has 2 amide bonds. The summed E-state index contributed by atoms with van der Waals surface area (Å²) in [6, 6.07) is 11.9. The van der Waals surface area contributed by atoms with Gasteiger partial charge in [-0.1, -0.05) is 16.8 Å². The normalized spacial score (nSPS) is 10.5. The quantitative estimate of drug-likeness (QED) is 0.490. The van der Waals surface area contributed by atoms with E-state index in [0.717, 1.165) is 0 Å². The molecular weight excluding hydrogens is 422 g/mol. The topological polar surface area (TPSA) is 121 Å². The molecule has 0 saturated carbocycles. The summed E-state index contributed by atoms with van der Waals surface area (Å²) in [5.41, 5.74) is 6.69. The van der Waals surface area contributed by atoms with E-state index < -0.39 is 5.91 Å². The van der Waals surface area contributed by atoms with E-state index in [-0.39, 0.29) is 24.8 Å². The second kappa shape index (κ2) is 9.94. The minimum absolute atomic E-state index is 0.0421. The van der Waals surface area contributed by atoms with Crippen LogP contribution in [-0.4, -0.2) is 46.6 Å². The van der Waals surface area contributed by atoms with Crippen molar-refractivity contribution in [1.82, 2.24) is 20.3 Å². The Labute approximate surface area is 184 Å². The smallest absolute Gasteiger partial charge is 0.271 e. The first-order valence-corrected chi connectivity index (χ1v) is 9.94. The first kappa shape index (κ1) is 22.1. The Morgan fingerprint density at radius 1 is 1.13 bits per heavy atom. The zero-order valence-corrected chi connectivity index (χ0v) is 17.8. The highest BCUT2D eigenvalue weighted by Gasteiger charge is 2.19. The van der Waals surface area contributed by atoms with Gasteiger partial charge in [-0.2, -0.15) is 0 Å². The molecule has 3 rings (SSSR count). The van der Waals surface area contributed by atoms with Crippen molar-refractivity contribution in [2.75, 3.05) is 19.8 Å². The summed E-state index contributed by atoms with van der Waals surface area (Å²) < 4.78 is 12.9. The fourth-order valence-electron chi connectivity index (χ4n) is 2.84. The molecule has 3 aromatic rings. The Morgan fingerprint density at radius 3 is 2.48 bits per heavy atom. The van der Waals surface area contributed by atoms with E-state index in [2.05, 4.69) is 15.6 Å².